The van der Waals surface area contributed by atoms with Crippen molar-refractivity contribution in [2.24, 2.45) is 0 Å². The van der Waals surface area contributed by atoms with Crippen LogP contribution in [0.2, 0.25) is 0 Å². The van der Waals surface area contributed by atoms with E-state index in [1.165, 1.54) is 0 Å². The lowest BCUT2D eigenvalue weighted by Gasteiger charge is -2.20. The van der Waals surface area contributed by atoms with Gasteiger partial charge in [0.05, 0.1) is 9.79 Å². The fourth-order valence-electron chi connectivity index (χ4n) is 2.29. The van der Waals surface area contributed by atoms with Crippen LogP contribution in [0.1, 0.15) is 0 Å². The predicted octanol–water partition coefficient (Wildman–Crippen LogP) is 5.69. The summed E-state index contributed by atoms with van der Waals surface area (Å²) in [6, 6.07) is 24.5. The zero-order valence-electron chi connectivity index (χ0n) is 11.2. The Bertz CT molecular complexity index is 786. The van der Waals surface area contributed by atoms with Crippen LogP contribution in [0, 0.1) is 0 Å². The van der Waals surface area contributed by atoms with E-state index in [9.17, 15) is 0 Å². The quantitative estimate of drug-likeness (QED) is 0.513. The fourth-order valence-corrected chi connectivity index (χ4v) is 3.28. The van der Waals surface area contributed by atoms with E-state index in [2.05, 4.69) is 29.6 Å². The molecule has 0 fully saturated rings. The van der Waals surface area contributed by atoms with Gasteiger partial charge in [-0.3, -0.25) is 0 Å². The van der Waals surface area contributed by atoms with Crippen molar-refractivity contribution >= 4 is 23.1 Å². The van der Waals surface area contributed by atoms with Crippen LogP contribution in [-0.4, -0.2) is 0 Å². The molecule has 102 valence electrons. The smallest absolute Gasteiger partial charge is 0.141 e. The SMILES string of the molecule is c1ccc(Nc2ccc3c(c2)Sc2ccccc2O3)cc1. The van der Waals surface area contributed by atoms with Gasteiger partial charge < -0.3 is 10.1 Å². The zero-order chi connectivity index (χ0) is 14.1. The maximum Gasteiger partial charge on any atom is 0.141 e. The minimum Gasteiger partial charge on any atom is -0.455 e. The number of ether oxygens (including phenoxy) is 1. The minimum atomic E-state index is 0.914. The van der Waals surface area contributed by atoms with Gasteiger partial charge in [-0.25, -0.2) is 0 Å². The van der Waals surface area contributed by atoms with Gasteiger partial charge in [0.15, 0.2) is 0 Å². The molecular weight excluding hydrogens is 278 g/mol. The summed E-state index contributed by atoms with van der Waals surface area (Å²) in [4.78, 5) is 2.29. The van der Waals surface area contributed by atoms with Gasteiger partial charge in [-0.1, -0.05) is 42.1 Å². The molecule has 3 aromatic carbocycles. The second-order valence-corrected chi connectivity index (χ2v) is 5.89. The Morgan fingerprint density at radius 2 is 1.43 bits per heavy atom. The normalized spacial score (nSPS) is 12.0. The third-order valence-electron chi connectivity index (χ3n) is 3.30. The van der Waals surface area contributed by atoms with E-state index in [1.54, 1.807) is 11.8 Å². The molecule has 0 spiro atoms. The van der Waals surface area contributed by atoms with Crippen molar-refractivity contribution < 1.29 is 4.74 Å². The molecule has 0 bridgehead atoms. The van der Waals surface area contributed by atoms with E-state index in [4.69, 9.17) is 4.74 Å². The molecule has 0 unspecified atom stereocenters. The van der Waals surface area contributed by atoms with Crippen LogP contribution < -0.4 is 10.1 Å². The van der Waals surface area contributed by atoms with E-state index >= 15 is 0 Å². The maximum absolute atomic E-state index is 5.93. The molecule has 3 aromatic rings. The van der Waals surface area contributed by atoms with Gasteiger partial charge in [0.1, 0.15) is 11.5 Å². The fraction of sp³-hybridized carbons (Fsp3) is 0. The molecule has 1 aliphatic rings. The standard InChI is InChI=1S/C18H13NOS/c1-2-6-13(7-3-1)19-14-10-11-16-18(12-14)21-17-9-5-4-8-15(17)20-16/h1-12,19H. The van der Waals surface area contributed by atoms with Gasteiger partial charge >= 0.3 is 0 Å². The van der Waals surface area contributed by atoms with Crippen LogP contribution in [0.15, 0.2) is 82.6 Å². The number of hydrogen-bond acceptors (Lipinski definition) is 3. The minimum absolute atomic E-state index is 0.914. The Labute approximate surface area is 127 Å². The average Bonchev–Trinajstić information content (AvgIpc) is 2.54. The predicted molar refractivity (Wildman–Crippen MR) is 86.8 cm³/mol. The molecule has 1 aliphatic heterocycles. The number of rotatable bonds is 2. The molecule has 0 radical (unpaired) electrons. The Balaban J connectivity index is 1.64. The molecular formula is C18H13NOS. The molecule has 1 heterocycles. The Kier molecular flexibility index (Phi) is 3.05. The highest BCUT2D eigenvalue weighted by Crippen LogP contribution is 2.47. The van der Waals surface area contributed by atoms with Crippen LogP contribution in [0.25, 0.3) is 0 Å². The maximum atomic E-state index is 5.93. The zero-order valence-corrected chi connectivity index (χ0v) is 12.1. The number of fused-ring (bicyclic) bond motifs is 2. The summed E-state index contributed by atoms with van der Waals surface area (Å²) in [5, 5.41) is 3.41. The van der Waals surface area contributed by atoms with Crippen molar-refractivity contribution in [2.45, 2.75) is 9.79 Å². The Morgan fingerprint density at radius 3 is 2.33 bits per heavy atom. The third-order valence-corrected chi connectivity index (χ3v) is 4.39. The monoisotopic (exact) mass is 291 g/mol. The summed E-state index contributed by atoms with van der Waals surface area (Å²) in [7, 11) is 0. The number of para-hydroxylation sites is 2. The molecule has 1 N–H and O–H groups in total. The van der Waals surface area contributed by atoms with Crippen molar-refractivity contribution in [2.75, 3.05) is 5.32 Å². The van der Waals surface area contributed by atoms with E-state index in [-0.39, 0.29) is 0 Å². The van der Waals surface area contributed by atoms with Crippen LogP contribution in [0.5, 0.6) is 11.5 Å². The summed E-state index contributed by atoms with van der Waals surface area (Å²) in [5.41, 5.74) is 2.15. The largest absolute Gasteiger partial charge is 0.455 e. The van der Waals surface area contributed by atoms with Crippen molar-refractivity contribution in [3.05, 3.63) is 72.8 Å². The highest BCUT2D eigenvalue weighted by Gasteiger charge is 2.17. The van der Waals surface area contributed by atoms with Gasteiger partial charge in [-0.2, -0.15) is 0 Å². The molecule has 2 nitrogen and oxygen atoms in total. The number of anilines is 2. The van der Waals surface area contributed by atoms with Crippen molar-refractivity contribution in [1.29, 1.82) is 0 Å². The van der Waals surface area contributed by atoms with E-state index in [0.29, 0.717) is 0 Å². The Morgan fingerprint density at radius 1 is 0.667 bits per heavy atom. The molecule has 3 heteroatoms. The number of hydrogen-bond donors (Lipinski definition) is 1. The highest BCUT2D eigenvalue weighted by molar-refractivity contribution is 7.99. The van der Waals surface area contributed by atoms with Crippen molar-refractivity contribution in [3.63, 3.8) is 0 Å². The van der Waals surface area contributed by atoms with Gasteiger partial charge in [0.2, 0.25) is 0 Å². The topological polar surface area (TPSA) is 21.3 Å². The first-order valence-corrected chi connectivity index (χ1v) is 7.61. The van der Waals surface area contributed by atoms with Gasteiger partial charge in [0, 0.05) is 11.4 Å². The van der Waals surface area contributed by atoms with Gasteiger partial charge in [-0.05, 0) is 42.5 Å². The number of benzene rings is 3. The summed E-state index contributed by atoms with van der Waals surface area (Å²) in [5.74, 6) is 1.84. The lowest BCUT2D eigenvalue weighted by Crippen LogP contribution is -1.96. The van der Waals surface area contributed by atoms with Crippen molar-refractivity contribution in [1.82, 2.24) is 0 Å². The Hall–Kier alpha value is -2.39. The second kappa shape index (κ2) is 5.19. The lowest BCUT2D eigenvalue weighted by molar-refractivity contribution is 0.454. The third kappa shape index (κ3) is 2.48. The van der Waals surface area contributed by atoms with Crippen molar-refractivity contribution in [3.8, 4) is 11.5 Å². The summed E-state index contributed by atoms with van der Waals surface area (Å²) in [6.07, 6.45) is 0. The second-order valence-electron chi connectivity index (χ2n) is 4.80. The van der Waals surface area contributed by atoms with Crippen LogP contribution in [0.3, 0.4) is 0 Å². The highest BCUT2D eigenvalue weighted by atomic mass is 32.2. The summed E-state index contributed by atoms with van der Waals surface area (Å²) < 4.78 is 5.93. The first-order valence-electron chi connectivity index (χ1n) is 6.79. The first kappa shape index (κ1) is 12.4. The van der Waals surface area contributed by atoms with Crippen LogP contribution in [-0.2, 0) is 0 Å². The van der Waals surface area contributed by atoms with Gasteiger partial charge in [-0.15, -0.1) is 0 Å². The van der Waals surface area contributed by atoms with E-state index < -0.39 is 0 Å². The molecule has 0 aromatic heterocycles. The molecule has 4 rings (SSSR count). The number of nitrogens with one attached hydrogen (secondary N) is 1. The van der Waals surface area contributed by atoms with E-state index in [1.807, 2.05) is 48.5 Å². The molecule has 0 atom stereocenters. The average molecular weight is 291 g/mol. The first-order chi connectivity index (χ1) is 10.4. The summed E-state index contributed by atoms with van der Waals surface area (Å²) in [6.45, 7) is 0. The summed E-state index contributed by atoms with van der Waals surface area (Å²) >= 11 is 1.74. The van der Waals surface area contributed by atoms with Crippen LogP contribution in [0.4, 0.5) is 11.4 Å². The molecule has 0 aliphatic carbocycles. The molecule has 0 saturated heterocycles. The molecule has 21 heavy (non-hydrogen) atoms. The van der Waals surface area contributed by atoms with Gasteiger partial charge in [0.25, 0.3) is 0 Å². The lowest BCUT2D eigenvalue weighted by atomic mass is 10.2. The molecule has 0 saturated carbocycles. The molecule has 0 amide bonds. The van der Waals surface area contributed by atoms with Crippen LogP contribution >= 0.6 is 11.8 Å². The van der Waals surface area contributed by atoms with E-state index in [0.717, 1.165) is 32.7 Å².